The quantitative estimate of drug-likeness (QED) is 0.814. The molecule has 1 atom stereocenters. The van der Waals surface area contributed by atoms with Crippen LogP contribution in [-0.4, -0.2) is 46.0 Å². The molecule has 7 heteroatoms. The predicted molar refractivity (Wildman–Crippen MR) is 72.5 cm³/mol. The largest absolute Gasteiger partial charge is 0.364 e. The van der Waals surface area contributed by atoms with Crippen molar-refractivity contribution < 1.29 is 0 Å². The number of rotatable bonds is 3. The number of anilines is 1. The van der Waals surface area contributed by atoms with E-state index < -0.39 is 0 Å². The van der Waals surface area contributed by atoms with Crippen LogP contribution < -0.4 is 15.9 Å². The molecule has 3 heterocycles. The topological polar surface area (TPSA) is 78.3 Å². The molecule has 19 heavy (non-hydrogen) atoms. The summed E-state index contributed by atoms with van der Waals surface area (Å²) in [7, 11) is 2.00. The number of H-pyrrole nitrogens is 1. The van der Waals surface area contributed by atoms with Gasteiger partial charge in [-0.15, -0.1) is 5.10 Å². The van der Waals surface area contributed by atoms with Gasteiger partial charge in [0, 0.05) is 19.6 Å². The third-order valence-electron chi connectivity index (χ3n) is 3.56. The van der Waals surface area contributed by atoms with Crippen molar-refractivity contribution in [1.82, 2.24) is 25.1 Å². The molecule has 0 aromatic carbocycles. The predicted octanol–water partition coefficient (Wildman–Crippen LogP) is -0.00410. The standard InChI is InChI=1S/C12H18N6O/c1-17(8-9-4-2-3-7-13-9)11-6-5-10-14-15-12(19)18(10)16-11/h5-6,9,13H,2-4,7-8H2,1H3,(H,15,19). The average Bonchev–Trinajstić information content (AvgIpc) is 2.81. The monoisotopic (exact) mass is 262 g/mol. The number of nitrogens with one attached hydrogen (secondary N) is 2. The summed E-state index contributed by atoms with van der Waals surface area (Å²) in [4.78, 5) is 13.6. The summed E-state index contributed by atoms with van der Waals surface area (Å²) < 4.78 is 1.29. The van der Waals surface area contributed by atoms with Crippen molar-refractivity contribution in [1.29, 1.82) is 0 Å². The number of likely N-dealkylation sites (N-methyl/N-ethyl adjacent to an activating group) is 1. The first-order valence-corrected chi connectivity index (χ1v) is 6.63. The molecule has 7 nitrogen and oxygen atoms in total. The van der Waals surface area contributed by atoms with Crippen LogP contribution in [0.4, 0.5) is 5.82 Å². The fourth-order valence-electron chi connectivity index (χ4n) is 2.50. The van der Waals surface area contributed by atoms with Crippen molar-refractivity contribution in [2.45, 2.75) is 25.3 Å². The van der Waals surface area contributed by atoms with Crippen LogP contribution in [0.2, 0.25) is 0 Å². The summed E-state index contributed by atoms with van der Waals surface area (Å²) in [5.74, 6) is 0.781. The van der Waals surface area contributed by atoms with Gasteiger partial charge in [-0.3, -0.25) is 0 Å². The molecule has 1 aliphatic rings. The summed E-state index contributed by atoms with van der Waals surface area (Å²) in [6, 6.07) is 4.18. The van der Waals surface area contributed by atoms with Crippen molar-refractivity contribution in [3.8, 4) is 0 Å². The van der Waals surface area contributed by atoms with Gasteiger partial charge >= 0.3 is 5.69 Å². The summed E-state index contributed by atoms with van der Waals surface area (Å²) in [6.07, 6.45) is 3.73. The van der Waals surface area contributed by atoms with E-state index in [0.29, 0.717) is 11.7 Å². The number of aromatic nitrogens is 4. The lowest BCUT2D eigenvalue weighted by molar-refractivity contribution is 0.402. The van der Waals surface area contributed by atoms with E-state index in [1.54, 1.807) is 6.07 Å². The Kier molecular flexibility index (Phi) is 3.20. The van der Waals surface area contributed by atoms with Crippen molar-refractivity contribution in [2.24, 2.45) is 0 Å². The highest BCUT2D eigenvalue weighted by Gasteiger charge is 2.16. The Bertz CT molecular complexity index is 612. The maximum Gasteiger partial charge on any atom is 0.364 e. The Morgan fingerprint density at radius 2 is 2.37 bits per heavy atom. The molecular weight excluding hydrogens is 244 g/mol. The lowest BCUT2D eigenvalue weighted by atomic mass is 10.0. The van der Waals surface area contributed by atoms with Crippen LogP contribution in [0, 0.1) is 0 Å². The molecule has 0 saturated carbocycles. The van der Waals surface area contributed by atoms with Gasteiger partial charge in [-0.05, 0) is 31.5 Å². The van der Waals surface area contributed by atoms with Crippen LogP contribution in [0.25, 0.3) is 5.65 Å². The maximum atomic E-state index is 11.5. The summed E-state index contributed by atoms with van der Waals surface area (Å²) in [6.45, 7) is 1.98. The molecule has 0 spiro atoms. The van der Waals surface area contributed by atoms with E-state index in [4.69, 9.17) is 0 Å². The number of nitrogens with zero attached hydrogens (tertiary/aromatic N) is 4. The second-order valence-corrected chi connectivity index (χ2v) is 5.02. The summed E-state index contributed by atoms with van der Waals surface area (Å²) in [5, 5.41) is 14.1. The van der Waals surface area contributed by atoms with Gasteiger partial charge in [0.25, 0.3) is 0 Å². The summed E-state index contributed by atoms with van der Waals surface area (Å²) >= 11 is 0. The molecular formula is C12H18N6O. The second-order valence-electron chi connectivity index (χ2n) is 5.02. The molecule has 0 amide bonds. The molecule has 1 fully saturated rings. The van der Waals surface area contributed by atoms with Crippen molar-refractivity contribution in [3.05, 3.63) is 22.6 Å². The first-order valence-electron chi connectivity index (χ1n) is 6.63. The minimum atomic E-state index is -0.305. The van der Waals surface area contributed by atoms with E-state index in [1.165, 1.54) is 23.8 Å². The lowest BCUT2D eigenvalue weighted by Gasteiger charge is -2.28. The normalized spacial score (nSPS) is 19.7. The molecule has 102 valence electrons. The number of fused-ring (bicyclic) bond motifs is 1. The van der Waals surface area contributed by atoms with Gasteiger partial charge in [-0.1, -0.05) is 6.42 Å². The van der Waals surface area contributed by atoms with Crippen LogP contribution in [0.1, 0.15) is 19.3 Å². The van der Waals surface area contributed by atoms with E-state index in [-0.39, 0.29) is 5.69 Å². The number of hydrogen-bond acceptors (Lipinski definition) is 5. The van der Waals surface area contributed by atoms with E-state index in [1.807, 2.05) is 13.1 Å². The van der Waals surface area contributed by atoms with Crippen molar-refractivity contribution in [3.63, 3.8) is 0 Å². The van der Waals surface area contributed by atoms with Gasteiger partial charge in [-0.2, -0.15) is 9.61 Å². The van der Waals surface area contributed by atoms with Gasteiger partial charge in [0.15, 0.2) is 5.65 Å². The Labute approximate surface area is 110 Å². The van der Waals surface area contributed by atoms with E-state index >= 15 is 0 Å². The number of aromatic amines is 1. The first-order chi connectivity index (χ1) is 9.24. The van der Waals surface area contributed by atoms with Crippen LogP contribution in [0.15, 0.2) is 16.9 Å². The van der Waals surface area contributed by atoms with Gasteiger partial charge in [0.2, 0.25) is 0 Å². The zero-order valence-electron chi connectivity index (χ0n) is 11.0. The Balaban J connectivity index is 1.78. The molecule has 1 aliphatic heterocycles. The summed E-state index contributed by atoms with van der Waals surface area (Å²) in [5.41, 5.74) is 0.235. The van der Waals surface area contributed by atoms with Crippen molar-refractivity contribution in [2.75, 3.05) is 25.0 Å². The molecule has 2 aromatic rings. The smallest absolute Gasteiger partial charge is 0.357 e. The zero-order valence-corrected chi connectivity index (χ0v) is 11.0. The zero-order chi connectivity index (χ0) is 13.2. The molecule has 0 radical (unpaired) electrons. The van der Waals surface area contributed by atoms with Crippen LogP contribution in [0.3, 0.4) is 0 Å². The van der Waals surface area contributed by atoms with E-state index in [2.05, 4.69) is 25.5 Å². The first kappa shape index (κ1) is 12.2. The van der Waals surface area contributed by atoms with Gasteiger partial charge in [0.1, 0.15) is 5.82 Å². The third-order valence-corrected chi connectivity index (χ3v) is 3.56. The lowest BCUT2D eigenvalue weighted by Crippen LogP contribution is -2.42. The molecule has 3 rings (SSSR count). The molecule has 0 bridgehead atoms. The van der Waals surface area contributed by atoms with Crippen LogP contribution in [-0.2, 0) is 0 Å². The Morgan fingerprint density at radius 1 is 1.47 bits per heavy atom. The molecule has 2 aromatic heterocycles. The minimum absolute atomic E-state index is 0.305. The third kappa shape index (κ3) is 2.46. The minimum Gasteiger partial charge on any atom is -0.357 e. The van der Waals surface area contributed by atoms with Gasteiger partial charge < -0.3 is 10.2 Å². The van der Waals surface area contributed by atoms with Crippen LogP contribution in [0.5, 0.6) is 0 Å². The SMILES string of the molecule is CN(CC1CCCCN1)c1ccc2n[nH]c(=O)n2n1. The van der Waals surface area contributed by atoms with Crippen molar-refractivity contribution >= 4 is 11.5 Å². The van der Waals surface area contributed by atoms with E-state index in [0.717, 1.165) is 18.9 Å². The number of hydrogen-bond donors (Lipinski definition) is 2. The average molecular weight is 262 g/mol. The van der Waals surface area contributed by atoms with Gasteiger partial charge in [-0.25, -0.2) is 9.89 Å². The Morgan fingerprint density at radius 3 is 3.16 bits per heavy atom. The molecule has 2 N–H and O–H groups in total. The Hall–Kier alpha value is -1.89. The second kappa shape index (κ2) is 5.00. The fraction of sp³-hybridized carbons (Fsp3) is 0.583. The highest BCUT2D eigenvalue weighted by atomic mass is 16.2. The highest BCUT2D eigenvalue weighted by Crippen LogP contribution is 2.12. The van der Waals surface area contributed by atoms with E-state index in [9.17, 15) is 4.79 Å². The fourth-order valence-corrected chi connectivity index (χ4v) is 2.50. The number of piperidine rings is 1. The van der Waals surface area contributed by atoms with Gasteiger partial charge in [0.05, 0.1) is 0 Å². The molecule has 1 unspecified atom stereocenters. The maximum absolute atomic E-state index is 11.5. The molecule has 1 saturated heterocycles. The highest BCUT2D eigenvalue weighted by molar-refractivity contribution is 5.44. The van der Waals surface area contributed by atoms with Crippen LogP contribution >= 0.6 is 0 Å². The molecule has 0 aliphatic carbocycles.